The molecule has 7 heteroatoms. The zero-order chi connectivity index (χ0) is 16.2. The zero-order valence-electron chi connectivity index (χ0n) is 13.1. The molecule has 1 heterocycles. The molecule has 1 aromatic rings. The lowest BCUT2D eigenvalue weighted by Gasteiger charge is -2.21. The zero-order valence-corrected chi connectivity index (χ0v) is 13.1. The van der Waals surface area contributed by atoms with Crippen LogP contribution in [0, 0.1) is 16.0 Å². The smallest absolute Gasteiger partial charge is 0.287 e. The Hall–Kier alpha value is -1.89. The van der Waals surface area contributed by atoms with Gasteiger partial charge in [-0.2, -0.15) is 0 Å². The Morgan fingerprint density at radius 2 is 2.14 bits per heavy atom. The minimum atomic E-state index is -0.488. The van der Waals surface area contributed by atoms with Gasteiger partial charge in [0.1, 0.15) is 5.69 Å². The largest absolute Gasteiger partial charge is 0.340 e. The van der Waals surface area contributed by atoms with Gasteiger partial charge in [0, 0.05) is 32.2 Å². The molecule has 0 aliphatic heterocycles. The highest BCUT2D eigenvalue weighted by molar-refractivity contribution is 5.93. The van der Waals surface area contributed by atoms with Gasteiger partial charge >= 0.3 is 0 Å². The summed E-state index contributed by atoms with van der Waals surface area (Å²) in [5.74, 6) is 0.134. The lowest BCUT2D eigenvalue weighted by atomic mass is 10.0. The summed E-state index contributed by atoms with van der Waals surface area (Å²) in [5, 5.41) is 10.8. The molecule has 21 heavy (non-hydrogen) atoms. The van der Waals surface area contributed by atoms with Crippen molar-refractivity contribution in [2.75, 3.05) is 13.6 Å². The predicted molar refractivity (Wildman–Crippen MR) is 81.2 cm³/mol. The predicted octanol–water partition coefficient (Wildman–Crippen LogP) is 1.86. The van der Waals surface area contributed by atoms with Crippen LogP contribution in [-0.2, 0) is 6.54 Å². The van der Waals surface area contributed by atoms with Gasteiger partial charge < -0.3 is 15.2 Å². The van der Waals surface area contributed by atoms with Crippen molar-refractivity contribution in [2.24, 2.45) is 11.7 Å². The second kappa shape index (κ2) is 7.21. The van der Waals surface area contributed by atoms with Crippen molar-refractivity contribution >= 4 is 11.6 Å². The molecule has 0 bridgehead atoms. The maximum Gasteiger partial charge on any atom is 0.287 e. The molecule has 7 nitrogen and oxygen atoms in total. The van der Waals surface area contributed by atoms with Crippen LogP contribution in [0.3, 0.4) is 0 Å². The van der Waals surface area contributed by atoms with Gasteiger partial charge in [0.2, 0.25) is 0 Å². The van der Waals surface area contributed by atoms with Crippen LogP contribution in [-0.4, -0.2) is 39.9 Å². The van der Waals surface area contributed by atoms with E-state index in [0.717, 1.165) is 0 Å². The minimum absolute atomic E-state index is 0.0348. The summed E-state index contributed by atoms with van der Waals surface area (Å²) < 4.78 is 1.60. The highest BCUT2D eigenvalue weighted by Crippen LogP contribution is 2.18. The summed E-state index contributed by atoms with van der Waals surface area (Å²) in [7, 11) is 1.69. The van der Waals surface area contributed by atoms with Crippen molar-refractivity contribution in [3.8, 4) is 0 Å². The van der Waals surface area contributed by atoms with E-state index >= 15 is 0 Å². The number of aromatic nitrogens is 1. The first-order chi connectivity index (χ1) is 9.77. The lowest BCUT2D eigenvalue weighted by molar-refractivity contribution is -0.384. The van der Waals surface area contributed by atoms with E-state index in [1.54, 1.807) is 16.5 Å². The average molecular weight is 296 g/mol. The number of nitro groups is 1. The highest BCUT2D eigenvalue weighted by atomic mass is 16.6. The highest BCUT2D eigenvalue weighted by Gasteiger charge is 2.21. The Morgan fingerprint density at radius 1 is 1.52 bits per heavy atom. The van der Waals surface area contributed by atoms with Gasteiger partial charge in [-0.05, 0) is 19.3 Å². The van der Waals surface area contributed by atoms with E-state index in [2.05, 4.69) is 0 Å². The standard InChI is InChI=1S/C14H24N4O3/c1-5-17-9-11(18(20)21)8-13(17)14(19)16(4)7-6-12(15)10(2)3/h8-10,12H,5-7,15H2,1-4H3. The van der Waals surface area contributed by atoms with Gasteiger partial charge in [-0.1, -0.05) is 13.8 Å². The first kappa shape index (κ1) is 17.2. The summed E-state index contributed by atoms with van der Waals surface area (Å²) in [6.45, 7) is 6.96. The van der Waals surface area contributed by atoms with E-state index in [1.165, 1.54) is 12.3 Å². The van der Waals surface area contributed by atoms with Crippen molar-refractivity contribution < 1.29 is 9.72 Å². The molecule has 1 rings (SSSR count). The van der Waals surface area contributed by atoms with Crippen molar-refractivity contribution in [1.82, 2.24) is 9.47 Å². The van der Waals surface area contributed by atoms with E-state index in [4.69, 9.17) is 5.73 Å². The van der Waals surface area contributed by atoms with E-state index < -0.39 is 4.92 Å². The second-order valence-corrected chi connectivity index (χ2v) is 5.55. The minimum Gasteiger partial charge on any atom is -0.340 e. The molecule has 1 unspecified atom stereocenters. The number of carbonyl (C=O) groups excluding carboxylic acids is 1. The molecule has 0 aliphatic rings. The van der Waals surface area contributed by atoms with Crippen molar-refractivity contribution in [3.05, 3.63) is 28.1 Å². The Bertz CT molecular complexity index is 510. The molecule has 1 aromatic heterocycles. The lowest BCUT2D eigenvalue weighted by Crippen LogP contribution is -2.35. The first-order valence-corrected chi connectivity index (χ1v) is 7.13. The monoisotopic (exact) mass is 296 g/mol. The Labute approximate surface area is 124 Å². The van der Waals surface area contributed by atoms with Gasteiger partial charge in [-0.15, -0.1) is 0 Å². The fourth-order valence-electron chi connectivity index (χ4n) is 2.01. The molecular formula is C14H24N4O3. The Balaban J connectivity index is 2.80. The maximum atomic E-state index is 12.4. The number of nitrogens with two attached hydrogens (primary N) is 1. The third kappa shape index (κ3) is 4.29. The maximum absolute atomic E-state index is 12.4. The van der Waals surface area contributed by atoms with Gasteiger partial charge in [0.15, 0.2) is 0 Å². The number of hydrogen-bond donors (Lipinski definition) is 1. The third-order valence-electron chi connectivity index (χ3n) is 3.65. The van der Waals surface area contributed by atoms with Crippen LogP contribution in [0.25, 0.3) is 0 Å². The first-order valence-electron chi connectivity index (χ1n) is 7.13. The molecule has 0 saturated carbocycles. The summed E-state index contributed by atoms with van der Waals surface area (Å²) in [6.07, 6.45) is 2.09. The van der Waals surface area contributed by atoms with Gasteiger partial charge in [-0.3, -0.25) is 14.9 Å². The molecule has 1 amide bonds. The van der Waals surface area contributed by atoms with Crippen LogP contribution in [0.2, 0.25) is 0 Å². The molecule has 0 fully saturated rings. The van der Waals surface area contributed by atoms with Crippen molar-refractivity contribution in [1.29, 1.82) is 0 Å². The number of amides is 1. The quantitative estimate of drug-likeness (QED) is 0.613. The van der Waals surface area contributed by atoms with E-state index in [0.29, 0.717) is 31.1 Å². The number of rotatable bonds is 7. The number of carbonyl (C=O) groups is 1. The van der Waals surface area contributed by atoms with Gasteiger partial charge in [-0.25, -0.2) is 0 Å². The fourth-order valence-corrected chi connectivity index (χ4v) is 2.01. The Morgan fingerprint density at radius 3 is 2.62 bits per heavy atom. The fraction of sp³-hybridized carbons (Fsp3) is 0.643. The summed E-state index contributed by atoms with van der Waals surface area (Å²) in [6, 6.07) is 1.36. The van der Waals surface area contributed by atoms with Crippen LogP contribution in [0.4, 0.5) is 5.69 Å². The van der Waals surface area contributed by atoms with E-state index in [-0.39, 0.29) is 17.6 Å². The number of aryl methyl sites for hydroxylation is 1. The number of nitrogens with zero attached hydrogens (tertiary/aromatic N) is 3. The molecule has 0 spiro atoms. The third-order valence-corrected chi connectivity index (χ3v) is 3.65. The van der Waals surface area contributed by atoms with Crippen LogP contribution in [0.15, 0.2) is 12.3 Å². The van der Waals surface area contributed by atoms with E-state index in [1.807, 2.05) is 20.8 Å². The van der Waals surface area contributed by atoms with Crippen LogP contribution in [0.1, 0.15) is 37.7 Å². The van der Waals surface area contributed by atoms with Gasteiger partial charge in [0.05, 0.1) is 11.1 Å². The molecule has 0 aromatic carbocycles. The van der Waals surface area contributed by atoms with E-state index in [9.17, 15) is 14.9 Å². The SMILES string of the molecule is CCn1cc([N+](=O)[O-])cc1C(=O)N(C)CCC(N)C(C)C. The summed E-state index contributed by atoms with van der Waals surface area (Å²) in [4.78, 5) is 24.3. The number of hydrogen-bond acceptors (Lipinski definition) is 4. The van der Waals surface area contributed by atoms with Crippen LogP contribution < -0.4 is 5.73 Å². The average Bonchev–Trinajstić information content (AvgIpc) is 2.87. The van der Waals surface area contributed by atoms with Crippen LogP contribution in [0.5, 0.6) is 0 Å². The molecule has 118 valence electrons. The van der Waals surface area contributed by atoms with Gasteiger partial charge in [0.25, 0.3) is 11.6 Å². The molecule has 1 atom stereocenters. The normalized spacial score (nSPS) is 12.5. The second-order valence-electron chi connectivity index (χ2n) is 5.55. The summed E-state index contributed by atoms with van der Waals surface area (Å²) >= 11 is 0. The topological polar surface area (TPSA) is 94.4 Å². The van der Waals surface area contributed by atoms with Crippen molar-refractivity contribution in [3.63, 3.8) is 0 Å². The van der Waals surface area contributed by atoms with Crippen molar-refractivity contribution in [2.45, 2.75) is 39.8 Å². The Kier molecular flexibility index (Phi) is 5.90. The summed E-state index contributed by atoms with van der Waals surface area (Å²) in [5.41, 5.74) is 6.25. The van der Waals surface area contributed by atoms with Crippen LogP contribution >= 0.6 is 0 Å². The molecule has 2 N–H and O–H groups in total. The molecule has 0 aliphatic carbocycles. The molecule has 0 saturated heterocycles. The molecular weight excluding hydrogens is 272 g/mol. The molecule has 0 radical (unpaired) electrons.